The molecule has 2 aromatic rings. The van der Waals surface area contributed by atoms with Crippen LogP contribution in [-0.4, -0.2) is 50.2 Å². The molecule has 1 aromatic heterocycles. The minimum atomic E-state index is -0.801. The number of methoxy groups -OCH3 is 3. The average molecular weight is 403 g/mol. The minimum Gasteiger partial charge on any atom is -0.465 e. The van der Waals surface area contributed by atoms with E-state index in [1.807, 2.05) is 6.92 Å². The van der Waals surface area contributed by atoms with Gasteiger partial charge in [-0.2, -0.15) is 0 Å². The molecule has 0 atom stereocenters. The molecule has 0 aliphatic rings. The van der Waals surface area contributed by atoms with Gasteiger partial charge in [0.1, 0.15) is 11.4 Å². The summed E-state index contributed by atoms with van der Waals surface area (Å²) in [5.74, 6) is -2.87. The number of hydrogen-bond acceptors (Lipinski definition) is 8. The Bertz CT molecular complexity index is 939. The molecule has 9 nitrogen and oxygen atoms in total. The van der Waals surface area contributed by atoms with Crippen LogP contribution >= 0.6 is 0 Å². The summed E-state index contributed by atoms with van der Waals surface area (Å²) in [6, 6.07) is 3.78. The number of esters is 4. The van der Waals surface area contributed by atoms with E-state index in [0.717, 1.165) is 0 Å². The summed E-state index contributed by atoms with van der Waals surface area (Å²) in [5.41, 5.74) is 1.23. The number of hydrogen-bond donors (Lipinski definition) is 1. The molecule has 1 N–H and O–H groups in total. The smallest absolute Gasteiger partial charge is 0.360 e. The lowest BCUT2D eigenvalue weighted by molar-refractivity contribution is 0.0583. The van der Waals surface area contributed by atoms with Crippen molar-refractivity contribution in [3.05, 3.63) is 51.8 Å². The zero-order chi connectivity index (χ0) is 21.7. The van der Waals surface area contributed by atoms with Gasteiger partial charge in [0.05, 0.1) is 38.0 Å². The largest absolute Gasteiger partial charge is 0.465 e. The third-order valence-corrected chi connectivity index (χ3v) is 4.23. The Balaban J connectivity index is 2.45. The summed E-state index contributed by atoms with van der Waals surface area (Å²) in [5, 5.41) is 0. The van der Waals surface area contributed by atoms with Crippen molar-refractivity contribution in [2.75, 3.05) is 21.3 Å². The fourth-order valence-electron chi connectivity index (χ4n) is 2.79. The maximum atomic E-state index is 12.7. The second kappa shape index (κ2) is 9.05. The molecule has 29 heavy (non-hydrogen) atoms. The molecular weight excluding hydrogens is 382 g/mol. The van der Waals surface area contributed by atoms with Gasteiger partial charge < -0.3 is 23.9 Å². The van der Waals surface area contributed by atoms with Crippen LogP contribution in [0, 0.1) is 6.92 Å². The van der Waals surface area contributed by atoms with E-state index in [0.29, 0.717) is 17.7 Å². The van der Waals surface area contributed by atoms with E-state index in [4.69, 9.17) is 9.47 Å². The molecule has 0 spiro atoms. The lowest BCUT2D eigenvalue weighted by atomic mass is 10.1. The zero-order valence-corrected chi connectivity index (χ0v) is 16.7. The van der Waals surface area contributed by atoms with Crippen LogP contribution in [0.5, 0.6) is 5.75 Å². The van der Waals surface area contributed by atoms with Gasteiger partial charge in [0.15, 0.2) is 0 Å². The van der Waals surface area contributed by atoms with Crippen LogP contribution in [0.2, 0.25) is 0 Å². The normalized spacial score (nSPS) is 10.2. The van der Waals surface area contributed by atoms with Crippen LogP contribution < -0.4 is 4.74 Å². The number of aryl methyl sites for hydroxylation is 1. The molecule has 154 valence electrons. The first-order chi connectivity index (χ1) is 13.8. The van der Waals surface area contributed by atoms with Gasteiger partial charge >= 0.3 is 23.9 Å². The van der Waals surface area contributed by atoms with Crippen molar-refractivity contribution < 1.29 is 38.1 Å². The lowest BCUT2D eigenvalue weighted by Crippen LogP contribution is -2.13. The number of aromatic nitrogens is 1. The van der Waals surface area contributed by atoms with E-state index in [2.05, 4.69) is 14.5 Å². The maximum Gasteiger partial charge on any atom is 0.360 e. The fourth-order valence-corrected chi connectivity index (χ4v) is 2.79. The summed E-state index contributed by atoms with van der Waals surface area (Å²) in [6.45, 7) is 3.40. The lowest BCUT2D eigenvalue weighted by Gasteiger charge is -2.09. The fraction of sp³-hybridized carbons (Fsp3) is 0.300. The maximum absolute atomic E-state index is 12.7. The third kappa shape index (κ3) is 4.45. The highest BCUT2D eigenvalue weighted by Gasteiger charge is 2.25. The van der Waals surface area contributed by atoms with Gasteiger partial charge in [0, 0.05) is 5.69 Å². The van der Waals surface area contributed by atoms with Crippen LogP contribution in [-0.2, 0) is 20.6 Å². The third-order valence-electron chi connectivity index (χ3n) is 4.23. The van der Waals surface area contributed by atoms with Crippen LogP contribution in [0.15, 0.2) is 18.2 Å². The van der Waals surface area contributed by atoms with Gasteiger partial charge in [-0.05, 0) is 37.1 Å². The molecule has 0 bridgehead atoms. The summed E-state index contributed by atoms with van der Waals surface area (Å²) >= 11 is 0. The Kier molecular flexibility index (Phi) is 6.76. The van der Waals surface area contributed by atoms with Crippen molar-refractivity contribution in [3.63, 3.8) is 0 Å². The van der Waals surface area contributed by atoms with Crippen molar-refractivity contribution >= 4 is 23.9 Å². The van der Waals surface area contributed by atoms with Crippen LogP contribution in [0.25, 0.3) is 0 Å². The zero-order valence-electron chi connectivity index (χ0n) is 16.7. The summed E-state index contributed by atoms with van der Waals surface area (Å²) in [7, 11) is 3.61. The molecule has 0 unspecified atom stereocenters. The number of carbonyl (C=O) groups is 4. The quantitative estimate of drug-likeness (QED) is 0.444. The minimum absolute atomic E-state index is 0.00547. The number of carbonyl (C=O) groups excluding carboxylic acids is 4. The van der Waals surface area contributed by atoms with Crippen LogP contribution in [0.3, 0.4) is 0 Å². The van der Waals surface area contributed by atoms with Gasteiger partial charge in [-0.1, -0.05) is 6.92 Å². The Hall–Kier alpha value is -3.62. The summed E-state index contributed by atoms with van der Waals surface area (Å²) in [6.07, 6.45) is 0.461. The van der Waals surface area contributed by atoms with Gasteiger partial charge in [-0.3, -0.25) is 0 Å². The number of rotatable bonds is 6. The highest BCUT2D eigenvalue weighted by Crippen LogP contribution is 2.24. The molecule has 0 saturated heterocycles. The van der Waals surface area contributed by atoms with E-state index < -0.39 is 23.9 Å². The Morgan fingerprint density at radius 1 is 0.828 bits per heavy atom. The average Bonchev–Trinajstić information content (AvgIpc) is 3.07. The summed E-state index contributed by atoms with van der Waals surface area (Å²) in [4.78, 5) is 51.3. The van der Waals surface area contributed by atoms with Gasteiger partial charge in [0.2, 0.25) is 0 Å². The number of benzene rings is 1. The summed E-state index contributed by atoms with van der Waals surface area (Å²) < 4.78 is 19.4. The standard InChI is InChI=1S/C20H21NO8/c1-6-14-15(19(24)28-5)10(2)16(21-14)20(25)29-13-8-11(17(22)26-3)7-12(9-13)18(23)27-4/h7-9,21H,6H2,1-5H3. The molecule has 9 heteroatoms. The van der Waals surface area contributed by atoms with Crippen molar-refractivity contribution in [1.82, 2.24) is 4.98 Å². The molecule has 1 heterocycles. The SMILES string of the molecule is CCc1[nH]c(C(=O)Oc2cc(C(=O)OC)cc(C(=O)OC)c2)c(C)c1C(=O)OC. The molecule has 0 fully saturated rings. The number of ether oxygens (including phenoxy) is 4. The molecule has 0 radical (unpaired) electrons. The van der Waals surface area contributed by atoms with Crippen molar-refractivity contribution in [3.8, 4) is 5.75 Å². The number of H-pyrrole nitrogens is 1. The van der Waals surface area contributed by atoms with Crippen molar-refractivity contribution in [2.45, 2.75) is 20.3 Å². The Morgan fingerprint density at radius 2 is 1.34 bits per heavy atom. The van der Waals surface area contributed by atoms with Gasteiger partial charge in [-0.15, -0.1) is 0 Å². The molecular formula is C20H21NO8. The Labute approximate surface area is 166 Å². The molecule has 0 aliphatic heterocycles. The molecule has 0 amide bonds. The first-order valence-electron chi connectivity index (χ1n) is 8.60. The van der Waals surface area contributed by atoms with E-state index in [-0.39, 0.29) is 28.1 Å². The second-order valence-corrected chi connectivity index (χ2v) is 5.94. The first kappa shape index (κ1) is 21.7. The van der Waals surface area contributed by atoms with Crippen LogP contribution in [0.1, 0.15) is 59.7 Å². The number of aromatic amines is 1. The van der Waals surface area contributed by atoms with Crippen LogP contribution in [0.4, 0.5) is 0 Å². The second-order valence-electron chi connectivity index (χ2n) is 5.94. The highest BCUT2D eigenvalue weighted by molar-refractivity contribution is 6.00. The van der Waals surface area contributed by atoms with Gasteiger partial charge in [-0.25, -0.2) is 19.2 Å². The van der Waals surface area contributed by atoms with Gasteiger partial charge in [0.25, 0.3) is 0 Å². The highest BCUT2D eigenvalue weighted by atomic mass is 16.5. The predicted molar refractivity (Wildman–Crippen MR) is 100 cm³/mol. The molecule has 0 saturated carbocycles. The molecule has 0 aliphatic carbocycles. The van der Waals surface area contributed by atoms with E-state index >= 15 is 0 Å². The van der Waals surface area contributed by atoms with E-state index in [1.54, 1.807) is 6.92 Å². The monoisotopic (exact) mass is 403 g/mol. The van der Waals surface area contributed by atoms with Crippen molar-refractivity contribution in [1.29, 1.82) is 0 Å². The molecule has 1 aromatic carbocycles. The predicted octanol–water partition coefficient (Wildman–Crippen LogP) is 2.46. The van der Waals surface area contributed by atoms with E-state index in [1.165, 1.54) is 39.5 Å². The Morgan fingerprint density at radius 3 is 1.79 bits per heavy atom. The van der Waals surface area contributed by atoms with Crippen molar-refractivity contribution in [2.24, 2.45) is 0 Å². The number of nitrogens with one attached hydrogen (secondary N) is 1. The first-order valence-corrected chi connectivity index (χ1v) is 8.60. The topological polar surface area (TPSA) is 121 Å². The molecule has 2 rings (SSSR count). The van der Waals surface area contributed by atoms with E-state index in [9.17, 15) is 19.2 Å².